The van der Waals surface area contributed by atoms with Gasteiger partial charge in [0.05, 0.1) is 19.2 Å². The number of carbonyl (C=O) groups is 1. The number of carbonyl (C=O) groups excluding carboxylic acids is 1. The van der Waals surface area contributed by atoms with Gasteiger partial charge in [-0.05, 0) is 41.6 Å². The Morgan fingerprint density at radius 3 is 2.58 bits per heavy atom. The first-order valence-electron chi connectivity index (χ1n) is 12.6. The van der Waals surface area contributed by atoms with Crippen molar-refractivity contribution in [3.63, 3.8) is 0 Å². The number of amidine groups is 2. The molecule has 6 rings (SSSR count). The number of nitrogens with zero attached hydrogens (tertiary/aromatic N) is 4. The van der Waals surface area contributed by atoms with Crippen molar-refractivity contribution in [2.45, 2.75) is 12.3 Å². The van der Waals surface area contributed by atoms with E-state index in [9.17, 15) is 4.79 Å². The van der Waals surface area contributed by atoms with Gasteiger partial charge in [-0.25, -0.2) is 0 Å². The van der Waals surface area contributed by atoms with Crippen molar-refractivity contribution in [2.24, 2.45) is 10.1 Å². The number of rotatable bonds is 8. The fraction of sp³-hybridized carbons (Fsp3) is 0.133. The molecule has 40 heavy (non-hydrogen) atoms. The molecule has 1 N–H and O–H groups in total. The molecular weight excluding hydrogens is 542 g/mol. The molecule has 3 aromatic carbocycles. The highest BCUT2D eigenvalue weighted by atomic mass is 32.2. The summed E-state index contributed by atoms with van der Waals surface area (Å²) in [5.74, 6) is 1.70. The molecule has 0 atom stereocenters. The van der Waals surface area contributed by atoms with Crippen LogP contribution in [0.25, 0.3) is 17.0 Å². The monoisotopic (exact) mass is 567 g/mol. The van der Waals surface area contributed by atoms with Gasteiger partial charge in [-0.2, -0.15) is 10.0 Å². The summed E-state index contributed by atoms with van der Waals surface area (Å²) in [6.07, 6.45) is 3.71. The fourth-order valence-corrected chi connectivity index (χ4v) is 6.36. The predicted molar refractivity (Wildman–Crippen MR) is 163 cm³/mol. The second-order valence-corrected chi connectivity index (χ2v) is 11.1. The highest BCUT2D eigenvalue weighted by Crippen LogP contribution is 2.34. The standard InChI is InChI=1S/C30H25N5O3S2/c1-37-25-13-7-8-14-26(25)38-16-15-34-18-21(22-11-5-6-12-24(22)34)17-23-27(31)35-29(32-28(23)36)40-30(33-35)39-19-20-9-3-2-4-10-20/h2-14,17-18,31H,15-16,19H2,1H3/b23-17-,31-27?. The molecule has 10 heteroatoms. The van der Waals surface area contributed by atoms with Gasteiger partial charge in [-0.1, -0.05) is 72.4 Å². The molecule has 8 nitrogen and oxygen atoms in total. The molecule has 1 aromatic heterocycles. The summed E-state index contributed by atoms with van der Waals surface area (Å²) in [5, 5.41) is 16.2. The summed E-state index contributed by atoms with van der Waals surface area (Å²) in [6.45, 7) is 1.02. The van der Waals surface area contributed by atoms with Crippen molar-refractivity contribution in [3.8, 4) is 11.5 Å². The van der Waals surface area contributed by atoms with Crippen molar-refractivity contribution >= 4 is 61.8 Å². The summed E-state index contributed by atoms with van der Waals surface area (Å²) in [6, 6.07) is 25.6. The smallest absolute Gasteiger partial charge is 0.283 e. The zero-order valence-electron chi connectivity index (χ0n) is 21.6. The number of fused-ring (bicyclic) bond motifs is 2. The van der Waals surface area contributed by atoms with Crippen LogP contribution in [0.1, 0.15) is 11.1 Å². The summed E-state index contributed by atoms with van der Waals surface area (Å²) in [4.78, 5) is 17.3. The maximum Gasteiger partial charge on any atom is 0.283 e. The normalized spacial score (nSPS) is 15.8. The van der Waals surface area contributed by atoms with Gasteiger partial charge in [-0.3, -0.25) is 10.2 Å². The van der Waals surface area contributed by atoms with E-state index in [0.717, 1.165) is 26.6 Å². The second-order valence-electron chi connectivity index (χ2n) is 8.95. The van der Waals surface area contributed by atoms with Crippen LogP contribution in [0.15, 0.2) is 101 Å². The van der Waals surface area contributed by atoms with Gasteiger partial charge in [0, 0.05) is 28.4 Å². The van der Waals surface area contributed by atoms with Crippen molar-refractivity contribution in [1.29, 1.82) is 5.41 Å². The Hall–Kier alpha value is -4.28. The van der Waals surface area contributed by atoms with E-state index in [1.807, 2.05) is 72.9 Å². The van der Waals surface area contributed by atoms with Gasteiger partial charge in [-0.15, -0.1) is 5.10 Å². The molecule has 0 saturated carbocycles. The highest BCUT2D eigenvalue weighted by Gasteiger charge is 2.36. The Bertz CT molecular complexity index is 1690. The second kappa shape index (κ2) is 11.4. The van der Waals surface area contributed by atoms with E-state index in [0.29, 0.717) is 29.8 Å². The number of benzene rings is 3. The summed E-state index contributed by atoms with van der Waals surface area (Å²) in [5.41, 5.74) is 3.22. The fourth-order valence-electron chi connectivity index (χ4n) is 4.47. The summed E-state index contributed by atoms with van der Waals surface area (Å²) >= 11 is 2.88. The molecule has 4 aromatic rings. The van der Waals surface area contributed by atoms with E-state index in [-0.39, 0.29) is 11.4 Å². The summed E-state index contributed by atoms with van der Waals surface area (Å²) < 4.78 is 14.2. The van der Waals surface area contributed by atoms with Crippen LogP contribution in [-0.4, -0.2) is 44.6 Å². The third-order valence-corrected chi connectivity index (χ3v) is 8.53. The quantitative estimate of drug-likeness (QED) is 0.254. The number of nitrogens with one attached hydrogen (secondary N) is 1. The topological polar surface area (TPSA) is 92.3 Å². The highest BCUT2D eigenvalue weighted by molar-refractivity contribution is 8.45. The van der Waals surface area contributed by atoms with Gasteiger partial charge in [0.15, 0.2) is 21.7 Å². The number of amides is 1. The lowest BCUT2D eigenvalue weighted by atomic mass is 10.1. The first-order valence-corrected chi connectivity index (χ1v) is 14.4. The van der Waals surface area contributed by atoms with Crippen molar-refractivity contribution < 1.29 is 14.3 Å². The Labute approximate surface area is 239 Å². The van der Waals surface area contributed by atoms with Crippen LogP contribution in [0.2, 0.25) is 0 Å². The number of aromatic nitrogens is 1. The van der Waals surface area contributed by atoms with Crippen LogP contribution >= 0.6 is 23.5 Å². The molecule has 200 valence electrons. The maximum atomic E-state index is 13.0. The van der Waals surface area contributed by atoms with Crippen molar-refractivity contribution in [2.75, 3.05) is 13.7 Å². The molecule has 1 amide bonds. The number of methoxy groups -OCH3 is 1. The van der Waals surface area contributed by atoms with Crippen LogP contribution < -0.4 is 9.47 Å². The van der Waals surface area contributed by atoms with E-state index >= 15 is 0 Å². The Morgan fingerprint density at radius 1 is 1.00 bits per heavy atom. The zero-order valence-corrected chi connectivity index (χ0v) is 23.2. The molecule has 3 heterocycles. The first kappa shape index (κ1) is 26.0. The largest absolute Gasteiger partial charge is 0.493 e. The minimum absolute atomic E-state index is 0.0224. The van der Waals surface area contributed by atoms with E-state index in [4.69, 9.17) is 14.9 Å². The molecule has 0 spiro atoms. The number of para-hydroxylation sites is 3. The zero-order chi connectivity index (χ0) is 27.5. The average Bonchev–Trinajstić information content (AvgIpc) is 3.56. The Kier molecular flexibility index (Phi) is 7.43. The molecular formula is C30H25N5O3S2. The van der Waals surface area contributed by atoms with Crippen molar-refractivity contribution in [3.05, 3.63) is 102 Å². The molecule has 0 radical (unpaired) electrons. The number of hydrogen-bond donors (Lipinski definition) is 1. The molecule has 0 fully saturated rings. The number of hydrogen-bond acceptors (Lipinski definition) is 7. The van der Waals surface area contributed by atoms with Crippen LogP contribution in [0.4, 0.5) is 0 Å². The van der Waals surface area contributed by atoms with Crippen LogP contribution in [0.3, 0.4) is 0 Å². The number of aliphatic imine (C=N–C) groups is 1. The van der Waals surface area contributed by atoms with E-state index in [1.54, 1.807) is 24.9 Å². The van der Waals surface area contributed by atoms with Gasteiger partial charge in [0.2, 0.25) is 5.17 Å². The lowest BCUT2D eigenvalue weighted by Gasteiger charge is -2.20. The number of hydrazone groups is 1. The van der Waals surface area contributed by atoms with Gasteiger partial charge < -0.3 is 14.0 Å². The lowest BCUT2D eigenvalue weighted by molar-refractivity contribution is -0.114. The molecule has 2 aliphatic rings. The van der Waals surface area contributed by atoms with E-state index in [1.165, 1.54) is 22.3 Å². The number of ether oxygens (including phenoxy) is 2. The summed E-state index contributed by atoms with van der Waals surface area (Å²) in [7, 11) is 1.62. The average molecular weight is 568 g/mol. The third-order valence-electron chi connectivity index (χ3n) is 6.42. The first-order chi connectivity index (χ1) is 19.6. The van der Waals surface area contributed by atoms with E-state index < -0.39 is 5.91 Å². The predicted octanol–water partition coefficient (Wildman–Crippen LogP) is 6.24. The van der Waals surface area contributed by atoms with Crippen molar-refractivity contribution in [1.82, 2.24) is 9.58 Å². The van der Waals surface area contributed by atoms with Gasteiger partial charge in [0.1, 0.15) is 6.61 Å². The van der Waals surface area contributed by atoms with Gasteiger partial charge in [0.25, 0.3) is 5.91 Å². The maximum absolute atomic E-state index is 13.0. The van der Waals surface area contributed by atoms with Crippen LogP contribution in [0.5, 0.6) is 11.5 Å². The molecule has 0 bridgehead atoms. The Morgan fingerprint density at radius 2 is 1.75 bits per heavy atom. The lowest BCUT2D eigenvalue weighted by Crippen LogP contribution is -2.35. The molecule has 0 saturated heterocycles. The molecule has 2 aliphatic heterocycles. The third kappa shape index (κ3) is 5.28. The van der Waals surface area contributed by atoms with Crippen LogP contribution in [0, 0.1) is 5.41 Å². The minimum Gasteiger partial charge on any atom is -0.493 e. The Balaban J connectivity index is 1.22. The minimum atomic E-state index is -0.440. The van der Waals surface area contributed by atoms with E-state index in [2.05, 4.69) is 26.8 Å². The van der Waals surface area contributed by atoms with Gasteiger partial charge >= 0.3 is 0 Å². The molecule has 0 aliphatic carbocycles. The number of thioether (sulfide) groups is 2. The SMILES string of the molecule is COc1ccccc1OCCn1cc(/C=C2/C(=N)N3N=C(SCc4ccccc4)SC3=NC2=O)c2ccccc21. The van der Waals surface area contributed by atoms with Crippen LogP contribution in [-0.2, 0) is 17.1 Å². The molecule has 0 unspecified atom stereocenters.